The number of halogens is 1. The van der Waals surface area contributed by atoms with E-state index in [-0.39, 0.29) is 5.56 Å². The van der Waals surface area contributed by atoms with Crippen LogP contribution in [0.15, 0.2) is 28.9 Å². The SMILES string of the molecule is O=C(O)C(=O)c1cccc2[nH]cc(Br)c12. The minimum atomic E-state index is -1.45. The van der Waals surface area contributed by atoms with Crippen LogP contribution in [-0.2, 0) is 4.79 Å². The van der Waals surface area contributed by atoms with Crippen molar-refractivity contribution in [2.24, 2.45) is 0 Å². The number of carboxylic acids is 1. The standard InChI is InChI=1S/C10H6BrNO3/c11-6-4-12-7-3-1-2-5(8(6)7)9(13)10(14)15/h1-4,12H,(H,14,15). The van der Waals surface area contributed by atoms with E-state index in [4.69, 9.17) is 5.11 Å². The summed E-state index contributed by atoms with van der Waals surface area (Å²) in [5.41, 5.74) is 0.919. The molecule has 0 amide bonds. The number of aromatic amines is 1. The van der Waals surface area contributed by atoms with E-state index in [0.717, 1.165) is 5.52 Å². The Labute approximate surface area is 93.0 Å². The number of ketones is 1. The molecule has 1 heterocycles. The maximum absolute atomic E-state index is 11.4. The smallest absolute Gasteiger partial charge is 0.377 e. The number of hydrogen-bond donors (Lipinski definition) is 2. The summed E-state index contributed by atoms with van der Waals surface area (Å²) in [5.74, 6) is -2.35. The Hall–Kier alpha value is -1.62. The molecule has 0 spiro atoms. The summed E-state index contributed by atoms with van der Waals surface area (Å²) < 4.78 is 0.683. The Morgan fingerprint density at radius 2 is 2.07 bits per heavy atom. The average molecular weight is 268 g/mol. The first-order valence-electron chi connectivity index (χ1n) is 4.14. The topological polar surface area (TPSA) is 70.2 Å². The molecule has 4 nitrogen and oxygen atoms in total. The van der Waals surface area contributed by atoms with Gasteiger partial charge in [0, 0.05) is 27.1 Å². The van der Waals surface area contributed by atoms with Gasteiger partial charge in [0.1, 0.15) is 0 Å². The molecular formula is C10H6BrNO3. The summed E-state index contributed by atoms with van der Waals surface area (Å²) in [7, 11) is 0. The van der Waals surface area contributed by atoms with Crippen molar-refractivity contribution in [1.82, 2.24) is 4.98 Å². The predicted molar refractivity (Wildman–Crippen MR) is 58.0 cm³/mol. The van der Waals surface area contributed by atoms with Crippen LogP contribution >= 0.6 is 15.9 Å². The van der Waals surface area contributed by atoms with Crippen molar-refractivity contribution in [3.8, 4) is 0 Å². The third-order valence-corrected chi connectivity index (χ3v) is 2.72. The van der Waals surface area contributed by atoms with Crippen molar-refractivity contribution >= 4 is 38.6 Å². The highest BCUT2D eigenvalue weighted by molar-refractivity contribution is 9.10. The molecule has 1 aromatic heterocycles. The van der Waals surface area contributed by atoms with Crippen molar-refractivity contribution in [1.29, 1.82) is 0 Å². The zero-order chi connectivity index (χ0) is 11.0. The van der Waals surface area contributed by atoms with Crippen LogP contribution < -0.4 is 0 Å². The molecule has 2 rings (SSSR count). The first kappa shape index (κ1) is 9.92. The molecule has 0 atom stereocenters. The van der Waals surface area contributed by atoms with Crippen molar-refractivity contribution in [2.75, 3.05) is 0 Å². The van der Waals surface area contributed by atoms with E-state index < -0.39 is 11.8 Å². The van der Waals surface area contributed by atoms with E-state index >= 15 is 0 Å². The highest BCUT2D eigenvalue weighted by Crippen LogP contribution is 2.27. The lowest BCUT2D eigenvalue weighted by Crippen LogP contribution is -2.12. The molecular weight excluding hydrogens is 262 g/mol. The second-order valence-corrected chi connectivity index (χ2v) is 3.85. The fourth-order valence-corrected chi connectivity index (χ4v) is 1.99. The highest BCUT2D eigenvalue weighted by atomic mass is 79.9. The lowest BCUT2D eigenvalue weighted by Gasteiger charge is -1.98. The van der Waals surface area contributed by atoms with E-state index in [1.807, 2.05) is 0 Å². The minimum absolute atomic E-state index is 0.188. The van der Waals surface area contributed by atoms with E-state index in [1.54, 1.807) is 18.3 Å². The quantitative estimate of drug-likeness (QED) is 0.648. The summed E-state index contributed by atoms with van der Waals surface area (Å²) in [6.45, 7) is 0. The summed E-state index contributed by atoms with van der Waals surface area (Å²) >= 11 is 3.26. The summed E-state index contributed by atoms with van der Waals surface area (Å²) in [5, 5.41) is 9.25. The number of carboxylic acid groups (broad SMARTS) is 1. The van der Waals surface area contributed by atoms with Crippen LogP contribution in [0.25, 0.3) is 10.9 Å². The molecule has 0 saturated carbocycles. The van der Waals surface area contributed by atoms with Crippen LogP contribution in [0.5, 0.6) is 0 Å². The fourth-order valence-electron chi connectivity index (χ4n) is 1.45. The number of rotatable bonds is 2. The second-order valence-electron chi connectivity index (χ2n) is 3.00. The Kier molecular flexibility index (Phi) is 2.32. The fraction of sp³-hybridized carbons (Fsp3) is 0. The third kappa shape index (κ3) is 1.55. The molecule has 0 fully saturated rings. The molecule has 0 aliphatic heterocycles. The summed E-state index contributed by atoms with van der Waals surface area (Å²) in [6, 6.07) is 4.91. The van der Waals surface area contributed by atoms with Gasteiger partial charge >= 0.3 is 5.97 Å². The molecule has 76 valence electrons. The number of aromatic nitrogens is 1. The van der Waals surface area contributed by atoms with Gasteiger partial charge in [-0.15, -0.1) is 0 Å². The monoisotopic (exact) mass is 267 g/mol. The zero-order valence-corrected chi connectivity index (χ0v) is 9.04. The second kappa shape index (κ2) is 3.51. The molecule has 1 aromatic carbocycles. The third-order valence-electron chi connectivity index (χ3n) is 2.10. The largest absolute Gasteiger partial charge is 0.475 e. The Morgan fingerprint density at radius 1 is 1.33 bits per heavy atom. The molecule has 0 unspecified atom stereocenters. The van der Waals surface area contributed by atoms with E-state index in [0.29, 0.717) is 9.86 Å². The van der Waals surface area contributed by atoms with Gasteiger partial charge in [0.05, 0.1) is 0 Å². The van der Waals surface area contributed by atoms with E-state index in [1.165, 1.54) is 6.07 Å². The number of carbonyl (C=O) groups excluding carboxylic acids is 1. The number of benzene rings is 1. The van der Waals surface area contributed by atoms with Gasteiger partial charge in [-0.05, 0) is 28.1 Å². The number of hydrogen-bond acceptors (Lipinski definition) is 2. The molecule has 0 bridgehead atoms. The molecule has 15 heavy (non-hydrogen) atoms. The summed E-state index contributed by atoms with van der Waals surface area (Å²) in [6.07, 6.45) is 1.67. The normalized spacial score (nSPS) is 10.5. The lowest BCUT2D eigenvalue weighted by atomic mass is 10.1. The van der Waals surface area contributed by atoms with Crippen LogP contribution in [0.1, 0.15) is 10.4 Å². The van der Waals surface area contributed by atoms with Crippen LogP contribution in [0.3, 0.4) is 0 Å². The lowest BCUT2D eigenvalue weighted by molar-refractivity contribution is -0.131. The Bertz CT molecular complexity index is 559. The molecule has 5 heteroatoms. The maximum atomic E-state index is 11.4. The van der Waals surface area contributed by atoms with Gasteiger partial charge in [-0.3, -0.25) is 4.79 Å². The van der Waals surface area contributed by atoms with Gasteiger partial charge in [0.25, 0.3) is 5.78 Å². The van der Waals surface area contributed by atoms with Crippen LogP contribution in [0.4, 0.5) is 0 Å². The number of H-pyrrole nitrogens is 1. The Balaban J connectivity index is 2.75. The number of nitrogens with one attached hydrogen (secondary N) is 1. The minimum Gasteiger partial charge on any atom is -0.475 e. The van der Waals surface area contributed by atoms with Gasteiger partial charge in [-0.1, -0.05) is 6.07 Å². The van der Waals surface area contributed by atoms with Crippen molar-refractivity contribution in [2.45, 2.75) is 0 Å². The average Bonchev–Trinajstić information content (AvgIpc) is 2.59. The molecule has 0 aliphatic carbocycles. The van der Waals surface area contributed by atoms with Gasteiger partial charge < -0.3 is 10.1 Å². The molecule has 2 N–H and O–H groups in total. The number of aliphatic carboxylic acids is 1. The number of Topliss-reactive ketones (excluding diaryl/α,β-unsaturated/α-hetero) is 1. The van der Waals surface area contributed by atoms with Crippen molar-refractivity contribution < 1.29 is 14.7 Å². The molecule has 2 aromatic rings. The van der Waals surface area contributed by atoms with Crippen LogP contribution in [0.2, 0.25) is 0 Å². The van der Waals surface area contributed by atoms with Gasteiger partial charge in [0.15, 0.2) is 0 Å². The first-order chi connectivity index (χ1) is 7.11. The van der Waals surface area contributed by atoms with E-state index in [9.17, 15) is 9.59 Å². The number of fused-ring (bicyclic) bond motifs is 1. The molecule has 0 saturated heterocycles. The highest BCUT2D eigenvalue weighted by Gasteiger charge is 2.19. The number of carbonyl (C=O) groups is 2. The van der Waals surface area contributed by atoms with Crippen LogP contribution in [0, 0.1) is 0 Å². The van der Waals surface area contributed by atoms with Gasteiger partial charge in [0.2, 0.25) is 0 Å². The molecule has 0 aliphatic rings. The summed E-state index contributed by atoms with van der Waals surface area (Å²) in [4.78, 5) is 24.9. The van der Waals surface area contributed by atoms with Gasteiger partial charge in [-0.2, -0.15) is 0 Å². The van der Waals surface area contributed by atoms with Crippen molar-refractivity contribution in [3.63, 3.8) is 0 Å². The molecule has 0 radical (unpaired) electrons. The first-order valence-corrected chi connectivity index (χ1v) is 4.94. The van der Waals surface area contributed by atoms with Gasteiger partial charge in [-0.25, -0.2) is 4.79 Å². The Morgan fingerprint density at radius 3 is 2.73 bits per heavy atom. The zero-order valence-electron chi connectivity index (χ0n) is 7.45. The maximum Gasteiger partial charge on any atom is 0.377 e. The van der Waals surface area contributed by atoms with E-state index in [2.05, 4.69) is 20.9 Å². The van der Waals surface area contributed by atoms with Crippen molar-refractivity contribution in [3.05, 3.63) is 34.4 Å². The predicted octanol–water partition coefficient (Wildman–Crippen LogP) is 2.20. The van der Waals surface area contributed by atoms with Crippen LogP contribution in [-0.4, -0.2) is 21.8 Å².